The number of unbranched alkanes of at least 4 members (excludes halogenated alkanes) is 3. The smallest absolute Gasteiger partial charge is 0.334 e. The highest BCUT2D eigenvalue weighted by molar-refractivity contribution is 5.91. The Morgan fingerprint density at radius 2 is 2.00 bits per heavy atom. The largest absolute Gasteiger partial charge is 0.463 e. The fourth-order valence-corrected chi connectivity index (χ4v) is 3.16. The first-order valence-corrected chi connectivity index (χ1v) is 7.36. The van der Waals surface area contributed by atoms with Gasteiger partial charge in [-0.25, -0.2) is 4.79 Å². The van der Waals surface area contributed by atoms with Crippen molar-refractivity contribution < 1.29 is 9.53 Å². The van der Waals surface area contributed by atoms with E-state index in [0.717, 1.165) is 18.4 Å². The molecule has 2 aliphatic rings. The zero-order chi connectivity index (χ0) is 13.0. The summed E-state index contributed by atoms with van der Waals surface area (Å²) in [5, 5.41) is 0. The first kappa shape index (κ1) is 13.4. The Balaban J connectivity index is 2.00. The van der Waals surface area contributed by atoms with Crippen LogP contribution in [0.25, 0.3) is 0 Å². The molecule has 100 valence electrons. The normalized spacial score (nSPS) is 25.0. The third-order valence-corrected chi connectivity index (χ3v) is 4.04. The first-order chi connectivity index (χ1) is 8.77. The van der Waals surface area contributed by atoms with Crippen LogP contribution < -0.4 is 0 Å². The van der Waals surface area contributed by atoms with Crippen LogP contribution in [0.4, 0.5) is 0 Å². The number of hydrogen-bond acceptors (Lipinski definition) is 2. The maximum atomic E-state index is 12.0. The van der Waals surface area contributed by atoms with Gasteiger partial charge < -0.3 is 4.74 Å². The van der Waals surface area contributed by atoms with Crippen molar-refractivity contribution in [1.29, 1.82) is 0 Å². The van der Waals surface area contributed by atoms with Crippen molar-refractivity contribution in [3.63, 3.8) is 0 Å². The summed E-state index contributed by atoms with van der Waals surface area (Å²) >= 11 is 0. The minimum atomic E-state index is -0.0696. The molecule has 0 aliphatic heterocycles. The summed E-state index contributed by atoms with van der Waals surface area (Å²) in [6.45, 7) is 4.58. The van der Waals surface area contributed by atoms with Crippen LogP contribution in [-0.2, 0) is 9.53 Å². The van der Waals surface area contributed by atoms with Gasteiger partial charge >= 0.3 is 5.97 Å². The van der Waals surface area contributed by atoms with Gasteiger partial charge in [-0.3, -0.25) is 0 Å². The number of esters is 1. The predicted octanol–water partition coefficient (Wildman–Crippen LogP) is 4.02. The number of carbonyl (C=O) groups excluding carboxylic acids is 1. The third kappa shape index (κ3) is 2.68. The minimum absolute atomic E-state index is 0.0696. The molecule has 0 amide bonds. The summed E-state index contributed by atoms with van der Waals surface area (Å²) in [6, 6.07) is 0. The average molecular weight is 248 g/mol. The lowest BCUT2D eigenvalue weighted by Gasteiger charge is -2.15. The lowest BCUT2D eigenvalue weighted by atomic mass is 9.92. The summed E-state index contributed by atoms with van der Waals surface area (Å²) in [4.78, 5) is 12.0. The van der Waals surface area contributed by atoms with Crippen LogP contribution in [0.15, 0.2) is 23.3 Å². The number of hydrogen-bond donors (Lipinski definition) is 0. The highest BCUT2D eigenvalue weighted by Gasteiger charge is 2.38. The molecule has 0 spiro atoms. The maximum Gasteiger partial charge on any atom is 0.334 e. The molecule has 2 unspecified atom stereocenters. The standard InChI is InChI=1S/C16H24O2/c1-3-5-6-7-8-14-12-9-10-13(11-12)15(14)16(17)18-4-2/h9-10,12-13H,3-8,11H2,1-2H3. The van der Waals surface area contributed by atoms with Crippen LogP contribution in [0, 0.1) is 11.8 Å². The van der Waals surface area contributed by atoms with Crippen molar-refractivity contribution in [1.82, 2.24) is 0 Å². The predicted molar refractivity (Wildman–Crippen MR) is 73.2 cm³/mol. The van der Waals surface area contributed by atoms with E-state index < -0.39 is 0 Å². The molecule has 0 saturated carbocycles. The van der Waals surface area contributed by atoms with E-state index in [-0.39, 0.29) is 5.97 Å². The molecule has 0 aromatic rings. The molecule has 2 atom stereocenters. The zero-order valence-electron chi connectivity index (χ0n) is 11.6. The Morgan fingerprint density at radius 1 is 1.22 bits per heavy atom. The molecule has 0 aromatic carbocycles. The number of rotatable bonds is 7. The Morgan fingerprint density at radius 3 is 2.72 bits per heavy atom. The van der Waals surface area contributed by atoms with Crippen LogP contribution in [0.2, 0.25) is 0 Å². The van der Waals surface area contributed by atoms with Gasteiger partial charge in [0.25, 0.3) is 0 Å². The first-order valence-electron chi connectivity index (χ1n) is 7.36. The van der Waals surface area contributed by atoms with Gasteiger partial charge in [0.05, 0.1) is 6.61 Å². The molecule has 0 heterocycles. The van der Waals surface area contributed by atoms with Gasteiger partial charge in [0.15, 0.2) is 0 Å². The van der Waals surface area contributed by atoms with Gasteiger partial charge in [-0.05, 0) is 32.1 Å². The monoisotopic (exact) mass is 248 g/mol. The lowest BCUT2D eigenvalue weighted by Crippen LogP contribution is -2.14. The lowest BCUT2D eigenvalue weighted by molar-refractivity contribution is -0.138. The number of allylic oxidation sites excluding steroid dienone is 3. The quantitative estimate of drug-likeness (QED) is 0.386. The molecule has 0 fully saturated rings. The van der Waals surface area contributed by atoms with Crippen molar-refractivity contribution in [2.75, 3.05) is 6.61 Å². The second-order valence-electron chi connectivity index (χ2n) is 5.30. The summed E-state index contributed by atoms with van der Waals surface area (Å²) in [6.07, 6.45) is 11.7. The molecule has 2 aliphatic carbocycles. The van der Waals surface area contributed by atoms with E-state index in [4.69, 9.17) is 4.74 Å². The highest BCUT2D eigenvalue weighted by atomic mass is 16.5. The van der Waals surface area contributed by atoms with E-state index in [0.29, 0.717) is 18.4 Å². The molecule has 2 bridgehead atoms. The molecule has 2 nitrogen and oxygen atoms in total. The van der Waals surface area contributed by atoms with Gasteiger partial charge in [-0.15, -0.1) is 0 Å². The second kappa shape index (κ2) is 6.21. The van der Waals surface area contributed by atoms with Crippen molar-refractivity contribution in [2.45, 2.75) is 52.4 Å². The van der Waals surface area contributed by atoms with E-state index >= 15 is 0 Å². The van der Waals surface area contributed by atoms with E-state index in [1.807, 2.05) is 6.92 Å². The van der Waals surface area contributed by atoms with E-state index in [2.05, 4.69) is 19.1 Å². The Bertz CT molecular complexity index is 365. The zero-order valence-corrected chi connectivity index (χ0v) is 11.6. The van der Waals surface area contributed by atoms with Crippen molar-refractivity contribution in [3.8, 4) is 0 Å². The molecular weight excluding hydrogens is 224 g/mol. The topological polar surface area (TPSA) is 26.3 Å². The van der Waals surface area contributed by atoms with Crippen LogP contribution >= 0.6 is 0 Å². The Kier molecular flexibility index (Phi) is 4.62. The maximum absolute atomic E-state index is 12.0. The number of carbonyl (C=O) groups is 1. The number of ether oxygens (including phenoxy) is 1. The van der Waals surface area contributed by atoms with Crippen LogP contribution in [0.3, 0.4) is 0 Å². The number of fused-ring (bicyclic) bond motifs is 2. The molecule has 2 rings (SSSR count). The average Bonchev–Trinajstić information content (AvgIpc) is 2.95. The van der Waals surface area contributed by atoms with E-state index in [1.165, 1.54) is 31.3 Å². The van der Waals surface area contributed by atoms with Gasteiger partial charge in [0, 0.05) is 11.5 Å². The molecular formula is C16H24O2. The van der Waals surface area contributed by atoms with Crippen molar-refractivity contribution in [3.05, 3.63) is 23.3 Å². The van der Waals surface area contributed by atoms with Gasteiger partial charge in [-0.2, -0.15) is 0 Å². The summed E-state index contributed by atoms with van der Waals surface area (Å²) in [7, 11) is 0. The summed E-state index contributed by atoms with van der Waals surface area (Å²) < 4.78 is 5.21. The molecule has 0 radical (unpaired) electrons. The van der Waals surface area contributed by atoms with Crippen molar-refractivity contribution >= 4 is 5.97 Å². The van der Waals surface area contributed by atoms with Gasteiger partial charge in [0.2, 0.25) is 0 Å². The Hall–Kier alpha value is -1.05. The third-order valence-electron chi connectivity index (χ3n) is 4.04. The molecule has 0 saturated heterocycles. The van der Waals surface area contributed by atoms with Gasteiger partial charge in [-0.1, -0.05) is 43.9 Å². The SMILES string of the molecule is CCCCCCC1=C(C(=O)OCC)C2C=CC1C2. The van der Waals surface area contributed by atoms with Crippen LogP contribution in [-0.4, -0.2) is 12.6 Å². The fraction of sp³-hybridized carbons (Fsp3) is 0.688. The summed E-state index contributed by atoms with van der Waals surface area (Å²) in [5.41, 5.74) is 2.36. The Labute approximate surface area is 110 Å². The van der Waals surface area contributed by atoms with Gasteiger partial charge in [0.1, 0.15) is 0 Å². The fourth-order valence-electron chi connectivity index (χ4n) is 3.16. The molecule has 2 heteroatoms. The summed E-state index contributed by atoms with van der Waals surface area (Å²) in [5.74, 6) is 0.797. The molecule has 18 heavy (non-hydrogen) atoms. The molecule has 0 N–H and O–H groups in total. The second-order valence-corrected chi connectivity index (χ2v) is 5.30. The highest BCUT2D eigenvalue weighted by Crippen LogP contribution is 2.46. The van der Waals surface area contributed by atoms with Crippen molar-refractivity contribution in [2.24, 2.45) is 11.8 Å². The van der Waals surface area contributed by atoms with Crippen LogP contribution in [0.1, 0.15) is 52.4 Å². The minimum Gasteiger partial charge on any atom is -0.463 e. The van der Waals surface area contributed by atoms with E-state index in [9.17, 15) is 4.79 Å². The molecule has 0 aromatic heterocycles. The van der Waals surface area contributed by atoms with E-state index in [1.54, 1.807) is 0 Å². The van der Waals surface area contributed by atoms with Crippen LogP contribution in [0.5, 0.6) is 0 Å².